The summed E-state index contributed by atoms with van der Waals surface area (Å²) in [6.07, 6.45) is 0. The minimum atomic E-state index is 0.570. The van der Waals surface area contributed by atoms with Gasteiger partial charge in [0.15, 0.2) is 0 Å². The van der Waals surface area contributed by atoms with Crippen LogP contribution in [-0.4, -0.2) is 30.2 Å². The van der Waals surface area contributed by atoms with Crippen molar-refractivity contribution in [1.82, 2.24) is 9.97 Å². The molecule has 3 aromatic carbocycles. The molecule has 4 aromatic rings. The molecule has 0 aliphatic rings. The summed E-state index contributed by atoms with van der Waals surface area (Å²) in [4.78, 5) is 11.5. The number of nitrogens with zero attached hydrogens (tertiary/aromatic N) is 3. The van der Waals surface area contributed by atoms with Crippen LogP contribution in [0.3, 0.4) is 0 Å². The van der Waals surface area contributed by atoms with Crippen LogP contribution in [-0.2, 0) is 0 Å². The van der Waals surface area contributed by atoms with Gasteiger partial charge < -0.3 is 15.0 Å². The zero-order chi connectivity index (χ0) is 19.2. The summed E-state index contributed by atoms with van der Waals surface area (Å²) in [6, 6.07) is 27.8. The average molecular weight is 370 g/mol. The van der Waals surface area contributed by atoms with Crippen molar-refractivity contribution < 1.29 is 4.74 Å². The van der Waals surface area contributed by atoms with Crippen LogP contribution in [0.4, 0.5) is 17.5 Å². The van der Waals surface area contributed by atoms with Gasteiger partial charge in [0.2, 0.25) is 5.95 Å². The summed E-state index contributed by atoms with van der Waals surface area (Å²) >= 11 is 0. The maximum absolute atomic E-state index is 5.84. The first-order valence-electron chi connectivity index (χ1n) is 9.27. The van der Waals surface area contributed by atoms with Crippen molar-refractivity contribution in [1.29, 1.82) is 0 Å². The van der Waals surface area contributed by atoms with Gasteiger partial charge in [0.1, 0.15) is 18.2 Å². The van der Waals surface area contributed by atoms with E-state index in [4.69, 9.17) is 9.72 Å². The number of benzene rings is 3. The van der Waals surface area contributed by atoms with Gasteiger partial charge in [-0.2, -0.15) is 4.98 Å². The first-order chi connectivity index (χ1) is 13.8. The molecular formula is C23H22N4O. The van der Waals surface area contributed by atoms with Crippen molar-refractivity contribution in [3.63, 3.8) is 0 Å². The van der Waals surface area contributed by atoms with Crippen LogP contribution in [0.1, 0.15) is 0 Å². The molecule has 0 radical (unpaired) electrons. The molecule has 1 N–H and O–H groups in total. The van der Waals surface area contributed by atoms with E-state index in [1.807, 2.05) is 92.0 Å². The van der Waals surface area contributed by atoms with E-state index in [-0.39, 0.29) is 0 Å². The number of anilines is 3. The molecule has 5 nitrogen and oxygen atoms in total. The molecule has 0 atom stereocenters. The van der Waals surface area contributed by atoms with E-state index >= 15 is 0 Å². The fourth-order valence-electron chi connectivity index (χ4n) is 2.98. The highest BCUT2D eigenvalue weighted by Gasteiger charge is 2.12. The number of hydrogen-bond donors (Lipinski definition) is 1. The van der Waals surface area contributed by atoms with E-state index in [1.165, 1.54) is 0 Å². The molecule has 1 heterocycles. The second-order valence-electron chi connectivity index (χ2n) is 6.46. The van der Waals surface area contributed by atoms with Crippen molar-refractivity contribution in [2.75, 3.05) is 30.4 Å². The molecule has 0 saturated carbocycles. The van der Waals surface area contributed by atoms with Crippen molar-refractivity contribution in [3.05, 3.63) is 84.9 Å². The Bertz CT molecular complexity index is 1040. The molecule has 0 bridgehead atoms. The van der Waals surface area contributed by atoms with Gasteiger partial charge in [0.05, 0.1) is 12.1 Å². The largest absolute Gasteiger partial charge is 0.492 e. The molecule has 0 unspecified atom stereocenters. The third kappa shape index (κ3) is 4.20. The molecule has 0 fully saturated rings. The van der Waals surface area contributed by atoms with Gasteiger partial charge in [-0.15, -0.1) is 0 Å². The average Bonchev–Trinajstić information content (AvgIpc) is 2.74. The topological polar surface area (TPSA) is 50.3 Å². The van der Waals surface area contributed by atoms with Gasteiger partial charge in [-0.1, -0.05) is 48.5 Å². The highest BCUT2D eigenvalue weighted by molar-refractivity contribution is 5.90. The van der Waals surface area contributed by atoms with Crippen molar-refractivity contribution in [2.45, 2.75) is 0 Å². The van der Waals surface area contributed by atoms with E-state index in [1.54, 1.807) is 0 Å². The summed E-state index contributed by atoms with van der Waals surface area (Å²) in [5, 5.41) is 4.31. The van der Waals surface area contributed by atoms with E-state index < -0.39 is 0 Å². The summed E-state index contributed by atoms with van der Waals surface area (Å²) in [7, 11) is 2.02. The molecular weight excluding hydrogens is 348 g/mol. The smallest absolute Gasteiger partial charge is 0.229 e. The van der Waals surface area contributed by atoms with Gasteiger partial charge in [-0.25, -0.2) is 4.98 Å². The monoisotopic (exact) mass is 370 g/mol. The first kappa shape index (κ1) is 17.8. The Labute approximate surface area is 164 Å². The number of rotatable bonds is 7. The van der Waals surface area contributed by atoms with Gasteiger partial charge in [0, 0.05) is 18.1 Å². The number of aromatic nitrogens is 2. The lowest BCUT2D eigenvalue weighted by Crippen LogP contribution is -2.25. The normalized spacial score (nSPS) is 10.6. The summed E-state index contributed by atoms with van der Waals surface area (Å²) in [6.45, 7) is 1.28. The van der Waals surface area contributed by atoms with E-state index in [9.17, 15) is 0 Å². The van der Waals surface area contributed by atoms with E-state index in [0.717, 1.165) is 28.2 Å². The third-order valence-corrected chi connectivity index (χ3v) is 4.41. The van der Waals surface area contributed by atoms with Crippen LogP contribution in [0.5, 0.6) is 5.75 Å². The lowest BCUT2D eigenvalue weighted by molar-refractivity contribution is 0.326. The zero-order valence-corrected chi connectivity index (χ0v) is 15.7. The molecule has 140 valence electrons. The van der Waals surface area contributed by atoms with Gasteiger partial charge in [-0.3, -0.25) is 0 Å². The van der Waals surface area contributed by atoms with Crippen LogP contribution < -0.4 is 15.0 Å². The van der Waals surface area contributed by atoms with Gasteiger partial charge >= 0.3 is 0 Å². The quantitative estimate of drug-likeness (QED) is 0.502. The summed E-state index contributed by atoms with van der Waals surface area (Å²) in [5.41, 5.74) is 1.86. The molecule has 5 heteroatoms. The van der Waals surface area contributed by atoms with Crippen LogP contribution in [0, 0.1) is 0 Å². The Balaban J connectivity index is 1.55. The minimum absolute atomic E-state index is 0.570. The maximum Gasteiger partial charge on any atom is 0.229 e. The Morgan fingerprint density at radius 3 is 2.29 bits per heavy atom. The molecule has 0 spiro atoms. The second-order valence-corrected chi connectivity index (χ2v) is 6.46. The lowest BCUT2D eigenvalue weighted by Gasteiger charge is -2.21. The SMILES string of the molecule is CN(CCOc1ccccc1)c1nc(Nc2ccccc2)nc2ccccc12. The molecule has 0 aliphatic heterocycles. The minimum Gasteiger partial charge on any atom is -0.492 e. The predicted octanol–water partition coefficient (Wildman–Crippen LogP) is 4.89. The zero-order valence-electron chi connectivity index (χ0n) is 15.7. The lowest BCUT2D eigenvalue weighted by atomic mass is 10.2. The standard InChI is InChI=1S/C23H22N4O/c1-27(16-17-28-19-12-6-3-7-13-19)22-20-14-8-9-15-21(20)25-23(26-22)24-18-10-4-2-5-11-18/h2-15H,16-17H2,1H3,(H,24,25,26). The fourth-order valence-corrected chi connectivity index (χ4v) is 2.98. The maximum atomic E-state index is 5.84. The van der Waals surface area contributed by atoms with Crippen molar-refractivity contribution in [3.8, 4) is 5.75 Å². The molecule has 1 aromatic heterocycles. The van der Waals surface area contributed by atoms with Gasteiger partial charge in [0.25, 0.3) is 0 Å². The summed E-state index contributed by atoms with van der Waals surface area (Å²) in [5.74, 6) is 2.33. The Morgan fingerprint density at radius 1 is 0.821 bits per heavy atom. The van der Waals surface area contributed by atoms with Crippen LogP contribution >= 0.6 is 0 Å². The number of para-hydroxylation sites is 3. The van der Waals surface area contributed by atoms with Crippen LogP contribution in [0.2, 0.25) is 0 Å². The summed E-state index contributed by atoms with van der Waals surface area (Å²) < 4.78 is 5.84. The van der Waals surface area contributed by atoms with Crippen LogP contribution in [0.15, 0.2) is 84.9 Å². The number of hydrogen-bond acceptors (Lipinski definition) is 5. The number of fused-ring (bicyclic) bond motifs is 1. The molecule has 4 rings (SSSR count). The highest BCUT2D eigenvalue weighted by Crippen LogP contribution is 2.25. The van der Waals surface area contributed by atoms with Crippen LogP contribution in [0.25, 0.3) is 10.9 Å². The second kappa shape index (κ2) is 8.39. The Morgan fingerprint density at radius 2 is 1.50 bits per heavy atom. The number of ether oxygens (including phenoxy) is 1. The van der Waals surface area contributed by atoms with E-state index in [2.05, 4.69) is 15.2 Å². The third-order valence-electron chi connectivity index (χ3n) is 4.41. The molecule has 0 aliphatic carbocycles. The van der Waals surface area contributed by atoms with Gasteiger partial charge in [-0.05, 0) is 36.4 Å². The highest BCUT2D eigenvalue weighted by atomic mass is 16.5. The Hall–Kier alpha value is -3.60. The molecule has 28 heavy (non-hydrogen) atoms. The van der Waals surface area contributed by atoms with E-state index in [0.29, 0.717) is 19.1 Å². The number of likely N-dealkylation sites (N-methyl/N-ethyl adjacent to an activating group) is 1. The molecule has 0 amide bonds. The first-order valence-corrected chi connectivity index (χ1v) is 9.27. The predicted molar refractivity (Wildman–Crippen MR) is 114 cm³/mol. The van der Waals surface area contributed by atoms with Crippen molar-refractivity contribution in [2.24, 2.45) is 0 Å². The Kier molecular flexibility index (Phi) is 5.33. The molecule has 0 saturated heterocycles. The fraction of sp³-hybridized carbons (Fsp3) is 0.130. The number of nitrogens with one attached hydrogen (secondary N) is 1. The van der Waals surface area contributed by atoms with Crippen molar-refractivity contribution >= 4 is 28.4 Å².